The minimum absolute atomic E-state index is 0.0303. The lowest BCUT2D eigenvalue weighted by Crippen LogP contribution is -2.52. The van der Waals surface area contributed by atoms with Gasteiger partial charge in [-0.3, -0.25) is 44.4 Å². The number of benzene rings is 1. The molecule has 0 aliphatic carbocycles. The molecule has 0 saturated carbocycles. The maximum atomic E-state index is 12.4. The Balaban J connectivity index is 1.65. The number of carboxylic acid groups (broad SMARTS) is 4. The average molecular weight is 1070 g/mol. The Hall–Kier alpha value is -5.32. The van der Waals surface area contributed by atoms with E-state index in [1.54, 1.807) is 0 Å². The van der Waals surface area contributed by atoms with Crippen molar-refractivity contribution in [1.29, 1.82) is 0 Å². The van der Waals surface area contributed by atoms with E-state index in [4.69, 9.17) is 27.8 Å². The number of likely N-dealkylation sites (N-methyl/N-ethyl adjacent to an activating group) is 1. The molecule has 3 atom stereocenters. The van der Waals surface area contributed by atoms with Crippen LogP contribution in [0.15, 0.2) is 24.3 Å². The third-order valence-electron chi connectivity index (χ3n) is 12.5. The predicted octanol–water partition coefficient (Wildman–Crippen LogP) is 1.78. The van der Waals surface area contributed by atoms with Gasteiger partial charge in [0, 0.05) is 110 Å². The number of rotatable bonds is 36. The van der Waals surface area contributed by atoms with Crippen LogP contribution in [0.5, 0.6) is 0 Å². The van der Waals surface area contributed by atoms with Gasteiger partial charge in [-0.2, -0.15) is 0 Å². The Morgan fingerprint density at radius 2 is 1.12 bits per heavy atom. The first-order chi connectivity index (χ1) is 35.5. The van der Waals surface area contributed by atoms with E-state index in [1.165, 1.54) is 0 Å². The number of hydrogen-bond donors (Lipinski definition) is 12. The fourth-order valence-corrected chi connectivity index (χ4v) is 8.41. The van der Waals surface area contributed by atoms with Gasteiger partial charge in [-0.1, -0.05) is 31.9 Å². The molecule has 26 heteroatoms. The summed E-state index contributed by atoms with van der Waals surface area (Å²) in [6, 6.07) is 3.98. The molecule has 1 aliphatic heterocycles. The van der Waals surface area contributed by atoms with Crippen LogP contribution < -0.4 is 31.9 Å². The molecule has 4 amide bonds. The lowest BCUT2D eigenvalue weighted by molar-refractivity contribution is -0.245. The van der Waals surface area contributed by atoms with E-state index in [2.05, 4.69) is 63.3 Å². The Kier molecular flexibility index (Phi) is 34.3. The zero-order valence-corrected chi connectivity index (χ0v) is 43.6. The minimum atomic E-state index is -1.49. The summed E-state index contributed by atoms with van der Waals surface area (Å²) in [4.78, 5) is 99.9. The second-order valence-corrected chi connectivity index (χ2v) is 18.6. The first-order valence-corrected chi connectivity index (χ1v) is 26.0. The Morgan fingerprint density at radius 3 is 1.62 bits per heavy atom. The monoisotopic (exact) mass is 1070 g/mol. The molecule has 0 spiro atoms. The normalized spacial score (nSPS) is 16.1. The van der Waals surface area contributed by atoms with Crippen LogP contribution in [0.2, 0.25) is 0 Å². The second kappa shape index (κ2) is 39.1. The highest BCUT2D eigenvalue weighted by Gasteiger charge is 2.27. The van der Waals surface area contributed by atoms with Gasteiger partial charge in [-0.15, -0.1) is 0 Å². The smallest absolute Gasteiger partial charge is 0.326 e. The van der Waals surface area contributed by atoms with Crippen LogP contribution >= 0.6 is 12.2 Å². The summed E-state index contributed by atoms with van der Waals surface area (Å²) in [5.41, 5.74) is 1.85. The highest BCUT2D eigenvalue weighted by Crippen LogP contribution is 2.16. The predicted molar refractivity (Wildman–Crippen MR) is 278 cm³/mol. The van der Waals surface area contributed by atoms with Crippen molar-refractivity contribution >= 4 is 64.7 Å². The SMILES string of the molecule is CCN1CCN(CCOO)CCN(CCOO)CCN(CC(=O)O)C(Cc2ccc(NC(=S)NCCCCNC(=O)CCCCCCC(=O)NCCCC[C@H](NC(=O)N[C@@H](CCC(=O)O)C(=O)O)C(=O)O)cc2)C1. The van der Waals surface area contributed by atoms with Crippen LogP contribution in [0.3, 0.4) is 0 Å². The molecule has 420 valence electrons. The zero-order valence-electron chi connectivity index (χ0n) is 42.8. The largest absolute Gasteiger partial charge is 0.481 e. The summed E-state index contributed by atoms with van der Waals surface area (Å²) in [6.45, 7) is 10.2. The molecule has 2 rings (SSSR count). The number of amides is 4. The van der Waals surface area contributed by atoms with Gasteiger partial charge in [0.1, 0.15) is 12.1 Å². The summed E-state index contributed by atoms with van der Waals surface area (Å²) in [7, 11) is 0. The van der Waals surface area contributed by atoms with Gasteiger partial charge in [-0.25, -0.2) is 24.2 Å². The summed E-state index contributed by atoms with van der Waals surface area (Å²) in [5.74, 6) is -5.09. The van der Waals surface area contributed by atoms with Crippen molar-refractivity contribution in [2.45, 2.75) is 115 Å². The number of thiocarbonyl (C=S) groups is 1. The molecule has 1 aromatic carbocycles. The van der Waals surface area contributed by atoms with Crippen LogP contribution in [0.4, 0.5) is 10.5 Å². The highest BCUT2D eigenvalue weighted by molar-refractivity contribution is 7.80. The molecular weight excluding hydrogens is 989 g/mol. The number of carbonyl (C=O) groups excluding carboxylic acids is 3. The van der Waals surface area contributed by atoms with Crippen LogP contribution in [-0.2, 0) is 45.0 Å². The number of carbonyl (C=O) groups is 7. The number of unbranched alkanes of at least 4 members (excludes halogenated alkanes) is 5. The molecule has 1 saturated heterocycles. The van der Waals surface area contributed by atoms with Crippen LogP contribution in [0.25, 0.3) is 0 Å². The molecule has 0 aromatic heterocycles. The van der Waals surface area contributed by atoms with E-state index in [9.17, 15) is 48.9 Å². The van der Waals surface area contributed by atoms with E-state index in [-0.39, 0.29) is 50.5 Å². The standard InChI is InChI=1S/C48H82N10O15S/c1-2-55-23-24-56(29-31-72-70)25-26-57(30-32-73-71)27-28-58(35-44(63)64)38(34-55)33-36-14-16-37(17-15-36)52-48(74)51-22-10-9-21-50-42(60)13-6-4-3-5-12-41(59)49-20-8-7-11-39(45(65)66)53-47(69)54-40(46(67)68)18-19-43(61)62/h14-17,38-40,70-71H,2-13,18-35H2,1H3,(H,49,59)(H,50,60)(H,61,62)(H,63,64)(H,65,66)(H,67,68)(H2,51,52,74)(H2,53,54,69)/t38?,39-,40-/m0/s1. The summed E-state index contributed by atoms with van der Waals surface area (Å²) < 4.78 is 0. The molecule has 0 radical (unpaired) electrons. The number of nitrogens with zero attached hydrogens (tertiary/aromatic N) is 4. The molecule has 12 N–H and O–H groups in total. The molecule has 1 aromatic rings. The lowest BCUT2D eigenvalue weighted by Gasteiger charge is -2.38. The Bertz CT molecular complexity index is 1840. The first-order valence-electron chi connectivity index (χ1n) is 25.6. The third-order valence-corrected chi connectivity index (χ3v) is 12.7. The van der Waals surface area contributed by atoms with E-state index in [0.717, 1.165) is 56.6 Å². The molecule has 0 bridgehead atoms. The van der Waals surface area contributed by atoms with Gasteiger partial charge < -0.3 is 57.2 Å². The number of anilines is 1. The quantitative estimate of drug-likeness (QED) is 0.0197. The van der Waals surface area contributed by atoms with Crippen LogP contribution in [0, 0.1) is 0 Å². The molecular formula is C48H82N10O15S. The lowest BCUT2D eigenvalue weighted by atomic mass is 10.0. The van der Waals surface area contributed by atoms with Crippen molar-refractivity contribution in [2.75, 3.05) is 110 Å². The summed E-state index contributed by atoms with van der Waals surface area (Å²) in [5, 5.41) is 72.2. The van der Waals surface area contributed by atoms with Crippen molar-refractivity contribution in [1.82, 2.24) is 46.2 Å². The fraction of sp³-hybridized carbons (Fsp3) is 0.708. The van der Waals surface area contributed by atoms with Crippen molar-refractivity contribution in [3.05, 3.63) is 29.8 Å². The highest BCUT2D eigenvalue weighted by atomic mass is 32.1. The van der Waals surface area contributed by atoms with Crippen molar-refractivity contribution in [3.8, 4) is 0 Å². The van der Waals surface area contributed by atoms with Gasteiger partial charge in [0.05, 0.1) is 19.8 Å². The fourth-order valence-electron chi connectivity index (χ4n) is 8.19. The molecule has 1 fully saturated rings. The molecule has 1 heterocycles. The van der Waals surface area contributed by atoms with E-state index < -0.39 is 48.4 Å². The van der Waals surface area contributed by atoms with Gasteiger partial charge in [0.15, 0.2) is 5.11 Å². The third kappa shape index (κ3) is 30.8. The van der Waals surface area contributed by atoms with Gasteiger partial charge in [0.25, 0.3) is 0 Å². The van der Waals surface area contributed by atoms with Gasteiger partial charge >= 0.3 is 29.9 Å². The number of hydrogen-bond acceptors (Lipinski definition) is 16. The maximum Gasteiger partial charge on any atom is 0.326 e. The second-order valence-electron chi connectivity index (χ2n) is 18.2. The van der Waals surface area contributed by atoms with Crippen molar-refractivity contribution < 1.29 is 74.3 Å². The number of urea groups is 1. The summed E-state index contributed by atoms with van der Waals surface area (Å²) >= 11 is 5.53. The maximum absolute atomic E-state index is 12.4. The van der Waals surface area contributed by atoms with Gasteiger partial charge in [-0.05, 0) is 94.2 Å². The first kappa shape index (κ1) is 64.8. The van der Waals surface area contributed by atoms with E-state index >= 15 is 0 Å². The Labute approximate surface area is 438 Å². The van der Waals surface area contributed by atoms with Crippen LogP contribution in [-0.4, -0.2) is 220 Å². The molecule has 1 aliphatic rings. The number of aliphatic carboxylic acids is 4. The zero-order chi connectivity index (χ0) is 54.5. The Morgan fingerprint density at radius 1 is 0.622 bits per heavy atom. The number of carboxylic acids is 4. The minimum Gasteiger partial charge on any atom is -0.481 e. The van der Waals surface area contributed by atoms with Crippen LogP contribution in [0.1, 0.15) is 96.0 Å². The summed E-state index contributed by atoms with van der Waals surface area (Å²) in [6.07, 6.45) is 5.73. The average Bonchev–Trinajstić information content (AvgIpc) is 3.35. The van der Waals surface area contributed by atoms with Crippen molar-refractivity contribution in [2.24, 2.45) is 0 Å². The van der Waals surface area contributed by atoms with Crippen molar-refractivity contribution in [3.63, 3.8) is 0 Å². The molecule has 74 heavy (non-hydrogen) atoms. The van der Waals surface area contributed by atoms with E-state index in [1.807, 2.05) is 29.2 Å². The van der Waals surface area contributed by atoms with E-state index in [0.29, 0.717) is 116 Å². The molecule has 1 unspecified atom stereocenters. The van der Waals surface area contributed by atoms with Gasteiger partial charge in [0.2, 0.25) is 11.8 Å². The topological polar surface area (TPSA) is 344 Å². The number of nitrogens with one attached hydrogen (secondary N) is 6. The molecule has 25 nitrogen and oxygen atoms in total.